The molecule has 1 N–H and O–H groups in total. The summed E-state index contributed by atoms with van der Waals surface area (Å²) >= 11 is 6.32. The third kappa shape index (κ3) is 2.23. The summed E-state index contributed by atoms with van der Waals surface area (Å²) in [6.45, 7) is 4.17. The van der Waals surface area contributed by atoms with Crippen molar-refractivity contribution in [1.82, 2.24) is 9.78 Å². The molecule has 1 aliphatic rings. The normalized spacial score (nSPS) is 28.9. The third-order valence-electron chi connectivity index (χ3n) is 4.14. The lowest BCUT2D eigenvalue weighted by molar-refractivity contribution is 0.00797. The first-order valence-corrected chi connectivity index (χ1v) is 6.78. The number of halogens is 1. The summed E-state index contributed by atoms with van der Waals surface area (Å²) in [5.41, 5.74) is 1.31. The highest BCUT2D eigenvalue weighted by Crippen LogP contribution is 2.39. The van der Waals surface area contributed by atoms with E-state index in [1.54, 1.807) is 0 Å². The summed E-state index contributed by atoms with van der Waals surface area (Å²) < 4.78 is 1.82. The van der Waals surface area contributed by atoms with Crippen LogP contribution in [-0.2, 0) is 19.9 Å². The van der Waals surface area contributed by atoms with Crippen molar-refractivity contribution >= 4 is 11.6 Å². The zero-order valence-electron chi connectivity index (χ0n) is 10.8. The maximum atomic E-state index is 10.6. The van der Waals surface area contributed by atoms with Crippen LogP contribution in [0.3, 0.4) is 0 Å². The average Bonchev–Trinajstić information content (AvgIpc) is 2.74. The van der Waals surface area contributed by atoms with Gasteiger partial charge in [-0.05, 0) is 25.2 Å². The molecular formula is C13H21ClN2O. The Bertz CT molecular complexity index is 416. The Kier molecular flexibility index (Phi) is 3.50. The van der Waals surface area contributed by atoms with Crippen molar-refractivity contribution in [2.75, 3.05) is 0 Å². The quantitative estimate of drug-likeness (QED) is 0.903. The van der Waals surface area contributed by atoms with Crippen molar-refractivity contribution in [3.05, 3.63) is 16.4 Å². The van der Waals surface area contributed by atoms with E-state index in [9.17, 15) is 5.11 Å². The third-order valence-corrected chi connectivity index (χ3v) is 4.58. The molecule has 0 spiro atoms. The Morgan fingerprint density at radius 3 is 2.76 bits per heavy atom. The first-order valence-electron chi connectivity index (χ1n) is 6.40. The summed E-state index contributed by atoms with van der Waals surface area (Å²) in [6, 6.07) is 0. The smallest absolute Gasteiger partial charge is 0.0850 e. The number of aryl methyl sites for hydroxylation is 2. The van der Waals surface area contributed by atoms with E-state index in [0.29, 0.717) is 12.3 Å². The van der Waals surface area contributed by atoms with Gasteiger partial charge >= 0.3 is 0 Å². The van der Waals surface area contributed by atoms with Crippen LogP contribution in [0.5, 0.6) is 0 Å². The van der Waals surface area contributed by atoms with E-state index < -0.39 is 5.60 Å². The Balaban J connectivity index is 2.27. The van der Waals surface area contributed by atoms with Gasteiger partial charge < -0.3 is 5.11 Å². The zero-order chi connectivity index (χ0) is 12.6. The van der Waals surface area contributed by atoms with Gasteiger partial charge in [-0.2, -0.15) is 5.10 Å². The predicted octanol–water partition coefficient (Wildman–Crippen LogP) is 2.73. The van der Waals surface area contributed by atoms with Crippen LogP contribution in [0.15, 0.2) is 0 Å². The van der Waals surface area contributed by atoms with Gasteiger partial charge in [0.1, 0.15) is 0 Å². The summed E-state index contributed by atoms with van der Waals surface area (Å²) in [5, 5.41) is 15.8. The van der Waals surface area contributed by atoms with Crippen LogP contribution >= 0.6 is 11.6 Å². The largest absolute Gasteiger partial charge is 0.389 e. The van der Waals surface area contributed by atoms with E-state index in [1.807, 2.05) is 18.7 Å². The molecule has 17 heavy (non-hydrogen) atoms. The Hall–Kier alpha value is -0.540. The van der Waals surface area contributed by atoms with E-state index >= 15 is 0 Å². The molecule has 2 unspecified atom stereocenters. The Labute approximate surface area is 108 Å². The van der Waals surface area contributed by atoms with Crippen molar-refractivity contribution in [3.63, 3.8) is 0 Å². The van der Waals surface area contributed by atoms with E-state index in [1.165, 1.54) is 0 Å². The van der Waals surface area contributed by atoms with Gasteiger partial charge in [0.2, 0.25) is 0 Å². The van der Waals surface area contributed by atoms with E-state index in [2.05, 4.69) is 12.0 Å². The fraction of sp³-hybridized carbons (Fsp3) is 0.769. The van der Waals surface area contributed by atoms with Crippen molar-refractivity contribution in [2.24, 2.45) is 13.0 Å². The van der Waals surface area contributed by atoms with E-state index in [0.717, 1.165) is 42.1 Å². The number of hydrogen-bond donors (Lipinski definition) is 1. The molecule has 3 nitrogen and oxygen atoms in total. The second-order valence-corrected chi connectivity index (χ2v) is 5.64. The molecular weight excluding hydrogens is 236 g/mol. The Morgan fingerprint density at radius 1 is 1.59 bits per heavy atom. The number of hydrogen-bond acceptors (Lipinski definition) is 2. The van der Waals surface area contributed by atoms with Gasteiger partial charge in [-0.1, -0.05) is 31.9 Å². The molecule has 2 atom stereocenters. The highest BCUT2D eigenvalue weighted by molar-refractivity contribution is 6.31. The molecule has 1 aromatic rings. The van der Waals surface area contributed by atoms with Gasteiger partial charge in [0, 0.05) is 13.5 Å². The maximum absolute atomic E-state index is 10.6. The molecule has 4 heteroatoms. The van der Waals surface area contributed by atoms with Crippen molar-refractivity contribution < 1.29 is 5.11 Å². The molecule has 2 rings (SSSR count). The molecule has 1 fully saturated rings. The predicted molar refractivity (Wildman–Crippen MR) is 69.3 cm³/mol. The highest BCUT2D eigenvalue weighted by Gasteiger charge is 2.39. The van der Waals surface area contributed by atoms with Crippen LogP contribution in [0.2, 0.25) is 5.02 Å². The van der Waals surface area contributed by atoms with Crippen LogP contribution in [0.4, 0.5) is 0 Å². The highest BCUT2D eigenvalue weighted by atomic mass is 35.5. The molecule has 1 aromatic heterocycles. The molecule has 0 bridgehead atoms. The van der Waals surface area contributed by atoms with E-state index in [4.69, 9.17) is 11.6 Å². The van der Waals surface area contributed by atoms with Crippen molar-refractivity contribution in [3.8, 4) is 0 Å². The fourth-order valence-corrected chi connectivity index (χ4v) is 3.15. The van der Waals surface area contributed by atoms with Crippen LogP contribution in [0.25, 0.3) is 0 Å². The summed E-state index contributed by atoms with van der Waals surface area (Å²) in [4.78, 5) is 0. The maximum Gasteiger partial charge on any atom is 0.0850 e. The molecule has 0 radical (unpaired) electrons. The molecule has 0 aliphatic heterocycles. The van der Waals surface area contributed by atoms with Gasteiger partial charge in [0.05, 0.1) is 22.0 Å². The van der Waals surface area contributed by atoms with Crippen LogP contribution in [0.1, 0.15) is 44.5 Å². The first-order chi connectivity index (χ1) is 7.98. The minimum Gasteiger partial charge on any atom is -0.389 e. The van der Waals surface area contributed by atoms with Gasteiger partial charge in [0.15, 0.2) is 0 Å². The molecule has 1 saturated carbocycles. The van der Waals surface area contributed by atoms with Crippen LogP contribution in [-0.4, -0.2) is 20.5 Å². The van der Waals surface area contributed by atoms with Crippen molar-refractivity contribution in [1.29, 1.82) is 0 Å². The summed E-state index contributed by atoms with van der Waals surface area (Å²) in [5.74, 6) is 0.346. The average molecular weight is 257 g/mol. The van der Waals surface area contributed by atoms with Crippen LogP contribution < -0.4 is 0 Å². The second-order valence-electron chi connectivity index (χ2n) is 5.26. The number of rotatable bonds is 3. The molecule has 0 aromatic carbocycles. The van der Waals surface area contributed by atoms with Crippen molar-refractivity contribution in [2.45, 2.75) is 51.6 Å². The topological polar surface area (TPSA) is 38.0 Å². The monoisotopic (exact) mass is 256 g/mol. The van der Waals surface area contributed by atoms with Gasteiger partial charge in [-0.25, -0.2) is 0 Å². The van der Waals surface area contributed by atoms with Gasteiger partial charge in [-0.3, -0.25) is 4.68 Å². The summed E-state index contributed by atoms with van der Waals surface area (Å²) in [6.07, 6.45) is 4.54. The Morgan fingerprint density at radius 2 is 2.29 bits per heavy atom. The van der Waals surface area contributed by atoms with Gasteiger partial charge in [0.25, 0.3) is 0 Å². The fourth-order valence-electron chi connectivity index (χ4n) is 2.79. The number of nitrogens with zero attached hydrogens (tertiary/aromatic N) is 2. The first kappa shape index (κ1) is 12.9. The van der Waals surface area contributed by atoms with Gasteiger partial charge in [-0.15, -0.1) is 0 Å². The molecule has 0 amide bonds. The van der Waals surface area contributed by atoms with Crippen LogP contribution in [0, 0.1) is 5.92 Å². The number of aromatic nitrogens is 2. The number of aliphatic hydroxyl groups is 1. The minimum absolute atomic E-state index is 0.346. The second kappa shape index (κ2) is 4.62. The molecule has 96 valence electrons. The lowest BCUT2D eigenvalue weighted by Gasteiger charge is -2.27. The lowest BCUT2D eigenvalue weighted by atomic mass is 9.87. The minimum atomic E-state index is -0.595. The molecule has 0 saturated heterocycles. The molecule has 1 aliphatic carbocycles. The molecule has 1 heterocycles. The standard InChI is InChI=1S/C13H21ClN2O/c1-4-10-12(14)11(16(3)15-10)8-13(17)7-5-6-9(13)2/h9,17H,4-8H2,1-3H3. The van der Waals surface area contributed by atoms with E-state index in [-0.39, 0.29) is 0 Å². The summed E-state index contributed by atoms with van der Waals surface area (Å²) in [7, 11) is 1.91. The lowest BCUT2D eigenvalue weighted by Crippen LogP contribution is -2.34. The SMILES string of the molecule is CCc1nn(C)c(CC2(O)CCCC2C)c1Cl. The zero-order valence-corrected chi connectivity index (χ0v) is 11.6.